The number of nitriles is 2. The molecule has 1 rings (SSSR count). The molecule has 2 nitrogen and oxygen atoms in total. The van der Waals surface area contributed by atoms with Gasteiger partial charge in [-0.1, -0.05) is 25.8 Å². The lowest BCUT2D eigenvalue weighted by Crippen LogP contribution is -2.20. The molecular formula is C15H20N2. The van der Waals surface area contributed by atoms with E-state index in [0.717, 1.165) is 37.7 Å². The Kier molecular flexibility index (Phi) is 5.50. The minimum atomic E-state index is 0.345. The Hall–Kier alpha value is -1.54. The fraction of sp³-hybridized carbons (Fsp3) is 0.600. The van der Waals surface area contributed by atoms with E-state index in [4.69, 9.17) is 10.5 Å². The van der Waals surface area contributed by atoms with Crippen molar-refractivity contribution in [3.63, 3.8) is 0 Å². The summed E-state index contributed by atoms with van der Waals surface area (Å²) in [7, 11) is 0. The lowest BCUT2D eigenvalue weighted by molar-refractivity contribution is 0.346. The van der Waals surface area contributed by atoms with Crippen molar-refractivity contribution in [2.45, 2.75) is 45.4 Å². The molecule has 0 heterocycles. The van der Waals surface area contributed by atoms with E-state index >= 15 is 0 Å². The van der Waals surface area contributed by atoms with Crippen LogP contribution in [0.2, 0.25) is 0 Å². The zero-order chi connectivity index (χ0) is 12.7. The van der Waals surface area contributed by atoms with Gasteiger partial charge in [0.25, 0.3) is 0 Å². The Bertz CT molecular complexity index is 363. The Morgan fingerprint density at radius 1 is 1.47 bits per heavy atom. The third-order valence-electron chi connectivity index (χ3n) is 3.65. The van der Waals surface area contributed by atoms with Crippen molar-refractivity contribution in [1.82, 2.24) is 0 Å². The highest BCUT2D eigenvalue weighted by molar-refractivity contribution is 5.42. The van der Waals surface area contributed by atoms with E-state index in [2.05, 4.69) is 25.6 Å². The third kappa shape index (κ3) is 3.21. The third-order valence-corrected chi connectivity index (χ3v) is 3.65. The van der Waals surface area contributed by atoms with Crippen molar-refractivity contribution < 1.29 is 0 Å². The highest BCUT2D eigenvalue weighted by Gasteiger charge is 2.27. The summed E-state index contributed by atoms with van der Waals surface area (Å²) >= 11 is 0. The molecule has 0 aromatic carbocycles. The van der Waals surface area contributed by atoms with E-state index < -0.39 is 0 Å². The summed E-state index contributed by atoms with van der Waals surface area (Å²) in [5.41, 5.74) is 1.43. The van der Waals surface area contributed by atoms with Crippen LogP contribution in [0, 0.1) is 34.5 Å². The van der Waals surface area contributed by atoms with Crippen molar-refractivity contribution in [1.29, 1.82) is 10.5 Å². The monoisotopic (exact) mass is 228 g/mol. The molecule has 0 radical (unpaired) electrons. The SMILES string of the molecule is C=CC(CCC)C1CCCCC1=C(C#N)C#N. The average molecular weight is 228 g/mol. The van der Waals surface area contributed by atoms with Crippen LogP contribution in [-0.2, 0) is 0 Å². The lowest BCUT2D eigenvalue weighted by Gasteiger charge is -2.31. The first-order valence-electron chi connectivity index (χ1n) is 6.44. The van der Waals surface area contributed by atoms with Gasteiger partial charge in [-0.3, -0.25) is 0 Å². The van der Waals surface area contributed by atoms with Gasteiger partial charge in [-0.25, -0.2) is 0 Å². The van der Waals surface area contributed by atoms with Gasteiger partial charge < -0.3 is 0 Å². The van der Waals surface area contributed by atoms with Crippen molar-refractivity contribution in [2.75, 3.05) is 0 Å². The zero-order valence-electron chi connectivity index (χ0n) is 10.6. The first-order chi connectivity index (χ1) is 8.28. The number of hydrogen-bond acceptors (Lipinski definition) is 2. The highest BCUT2D eigenvalue weighted by atomic mass is 14.3. The summed E-state index contributed by atoms with van der Waals surface area (Å²) in [5.74, 6) is 0.794. The van der Waals surface area contributed by atoms with Crippen LogP contribution in [0.15, 0.2) is 23.8 Å². The molecule has 1 aliphatic rings. The number of hydrogen-bond donors (Lipinski definition) is 0. The minimum Gasteiger partial charge on any atom is -0.192 e. The number of allylic oxidation sites excluding steroid dienone is 3. The maximum absolute atomic E-state index is 9.02. The molecule has 17 heavy (non-hydrogen) atoms. The maximum Gasteiger partial charge on any atom is 0.129 e. The molecule has 2 unspecified atom stereocenters. The molecule has 0 aromatic heterocycles. The molecule has 1 aliphatic carbocycles. The van der Waals surface area contributed by atoms with Crippen molar-refractivity contribution in [3.8, 4) is 12.1 Å². The van der Waals surface area contributed by atoms with Gasteiger partial charge in [0.05, 0.1) is 0 Å². The Morgan fingerprint density at radius 2 is 2.18 bits per heavy atom. The highest BCUT2D eigenvalue weighted by Crippen LogP contribution is 2.38. The standard InChI is InChI=1S/C15H20N2/c1-3-7-12(4-2)14-8-5-6-9-15(14)13(10-16)11-17/h4,12,14H,2-3,5-9H2,1H3. The second-order valence-electron chi connectivity index (χ2n) is 4.66. The fourth-order valence-electron chi connectivity index (χ4n) is 2.81. The van der Waals surface area contributed by atoms with Crippen molar-refractivity contribution in [2.24, 2.45) is 11.8 Å². The van der Waals surface area contributed by atoms with Crippen molar-refractivity contribution in [3.05, 3.63) is 23.8 Å². The molecule has 1 saturated carbocycles. The molecule has 0 aliphatic heterocycles. The number of rotatable bonds is 4. The van der Waals surface area contributed by atoms with Crippen LogP contribution in [-0.4, -0.2) is 0 Å². The van der Waals surface area contributed by atoms with Crippen LogP contribution in [0.25, 0.3) is 0 Å². The van der Waals surface area contributed by atoms with Crippen LogP contribution in [0.1, 0.15) is 45.4 Å². The van der Waals surface area contributed by atoms with Gasteiger partial charge in [0.15, 0.2) is 0 Å². The number of nitrogens with zero attached hydrogens (tertiary/aromatic N) is 2. The molecule has 90 valence electrons. The fourth-order valence-corrected chi connectivity index (χ4v) is 2.81. The molecular weight excluding hydrogens is 208 g/mol. The summed E-state index contributed by atoms with van der Waals surface area (Å²) < 4.78 is 0. The largest absolute Gasteiger partial charge is 0.192 e. The summed E-state index contributed by atoms with van der Waals surface area (Å²) in [6, 6.07) is 4.11. The second-order valence-corrected chi connectivity index (χ2v) is 4.66. The van der Waals surface area contributed by atoms with E-state index in [1.807, 2.05) is 6.08 Å². The molecule has 0 spiro atoms. The first kappa shape index (κ1) is 13.5. The van der Waals surface area contributed by atoms with E-state index in [9.17, 15) is 0 Å². The van der Waals surface area contributed by atoms with Crippen LogP contribution >= 0.6 is 0 Å². The Balaban J connectivity index is 3.02. The zero-order valence-corrected chi connectivity index (χ0v) is 10.6. The quantitative estimate of drug-likeness (QED) is 0.536. The Morgan fingerprint density at radius 3 is 2.71 bits per heavy atom. The van der Waals surface area contributed by atoms with E-state index in [1.165, 1.54) is 6.42 Å². The average Bonchev–Trinajstić information content (AvgIpc) is 2.38. The van der Waals surface area contributed by atoms with Gasteiger partial charge in [0.1, 0.15) is 17.7 Å². The van der Waals surface area contributed by atoms with E-state index in [1.54, 1.807) is 0 Å². The summed E-state index contributed by atoms with van der Waals surface area (Å²) in [5, 5.41) is 18.0. The molecule has 1 fully saturated rings. The molecule has 0 aromatic rings. The minimum absolute atomic E-state index is 0.345. The Labute approximate surface area is 104 Å². The summed E-state index contributed by atoms with van der Waals surface area (Å²) in [4.78, 5) is 0. The topological polar surface area (TPSA) is 47.6 Å². The maximum atomic E-state index is 9.02. The van der Waals surface area contributed by atoms with Crippen LogP contribution in [0.5, 0.6) is 0 Å². The van der Waals surface area contributed by atoms with E-state index in [0.29, 0.717) is 17.4 Å². The predicted molar refractivity (Wildman–Crippen MR) is 68.8 cm³/mol. The van der Waals surface area contributed by atoms with Crippen LogP contribution < -0.4 is 0 Å². The predicted octanol–water partition coefficient (Wildman–Crippen LogP) is 4.12. The van der Waals surface area contributed by atoms with Crippen LogP contribution in [0.4, 0.5) is 0 Å². The van der Waals surface area contributed by atoms with Gasteiger partial charge in [0, 0.05) is 0 Å². The molecule has 0 saturated heterocycles. The van der Waals surface area contributed by atoms with E-state index in [-0.39, 0.29) is 0 Å². The smallest absolute Gasteiger partial charge is 0.129 e. The van der Waals surface area contributed by atoms with Crippen LogP contribution in [0.3, 0.4) is 0 Å². The van der Waals surface area contributed by atoms with Gasteiger partial charge in [-0.15, -0.1) is 6.58 Å². The molecule has 2 heteroatoms. The summed E-state index contributed by atoms with van der Waals surface area (Å²) in [6.45, 7) is 6.08. The second kappa shape index (κ2) is 6.92. The van der Waals surface area contributed by atoms with Crippen molar-refractivity contribution >= 4 is 0 Å². The molecule has 0 bridgehead atoms. The van der Waals surface area contributed by atoms with Gasteiger partial charge in [-0.05, 0) is 43.1 Å². The lowest BCUT2D eigenvalue weighted by atomic mass is 9.73. The normalized spacial score (nSPS) is 21.1. The molecule has 0 N–H and O–H groups in total. The molecule has 0 amide bonds. The first-order valence-corrected chi connectivity index (χ1v) is 6.44. The summed E-state index contributed by atoms with van der Waals surface area (Å²) in [6.07, 6.45) is 8.54. The molecule has 2 atom stereocenters. The van der Waals surface area contributed by atoms with Gasteiger partial charge in [-0.2, -0.15) is 10.5 Å². The van der Waals surface area contributed by atoms with Gasteiger partial charge in [0.2, 0.25) is 0 Å². The van der Waals surface area contributed by atoms with Gasteiger partial charge >= 0.3 is 0 Å².